The number of aromatic nitrogens is 2. The Hall–Kier alpha value is -1.39. The molecule has 1 heterocycles. The molecule has 0 atom stereocenters. The van der Waals surface area contributed by atoms with Gasteiger partial charge in [-0.05, 0) is 48.0 Å². The number of aliphatic hydroxyl groups excluding tert-OH is 1. The molecular weight excluding hydrogens is 220 g/mol. The molecule has 2 aromatic rings. The Balaban J connectivity index is 2.20. The Labute approximate surface area is 98.6 Å². The number of rotatable bonds is 3. The average molecular weight is 232 g/mol. The molecule has 0 spiro atoms. The van der Waals surface area contributed by atoms with Gasteiger partial charge in [-0.3, -0.25) is 0 Å². The Morgan fingerprint density at radius 3 is 2.62 bits per heavy atom. The second-order valence-electron chi connectivity index (χ2n) is 3.38. The van der Waals surface area contributed by atoms with Gasteiger partial charge in [-0.25, -0.2) is 9.97 Å². The lowest BCUT2D eigenvalue weighted by atomic mass is 10.1. The van der Waals surface area contributed by atoms with Crippen molar-refractivity contribution in [3.8, 4) is 0 Å². The van der Waals surface area contributed by atoms with E-state index in [4.69, 9.17) is 5.11 Å². The topological polar surface area (TPSA) is 46.0 Å². The van der Waals surface area contributed by atoms with E-state index in [1.165, 1.54) is 11.8 Å². The standard InChI is InChI=1S/C12H12N2OS/c1-9-7-11(4-3-10(9)8-15)16-12-13-5-2-6-14-12/h2-7,15H,8H2,1H3. The van der Waals surface area contributed by atoms with Crippen LogP contribution >= 0.6 is 11.8 Å². The van der Waals surface area contributed by atoms with Crippen molar-refractivity contribution in [3.63, 3.8) is 0 Å². The molecule has 82 valence electrons. The summed E-state index contributed by atoms with van der Waals surface area (Å²) in [6, 6.07) is 7.73. The smallest absolute Gasteiger partial charge is 0.192 e. The van der Waals surface area contributed by atoms with Gasteiger partial charge in [0, 0.05) is 17.3 Å². The van der Waals surface area contributed by atoms with Gasteiger partial charge >= 0.3 is 0 Å². The first kappa shape index (κ1) is 11.1. The van der Waals surface area contributed by atoms with Crippen molar-refractivity contribution in [1.29, 1.82) is 0 Å². The highest BCUT2D eigenvalue weighted by Crippen LogP contribution is 2.25. The Morgan fingerprint density at radius 2 is 2.00 bits per heavy atom. The largest absolute Gasteiger partial charge is 0.392 e. The zero-order valence-corrected chi connectivity index (χ0v) is 9.74. The summed E-state index contributed by atoms with van der Waals surface area (Å²) >= 11 is 1.52. The molecule has 0 fully saturated rings. The predicted molar refractivity (Wildman–Crippen MR) is 63.3 cm³/mol. The van der Waals surface area contributed by atoms with Crippen LogP contribution in [0.15, 0.2) is 46.7 Å². The van der Waals surface area contributed by atoms with Gasteiger partial charge in [0.25, 0.3) is 0 Å². The van der Waals surface area contributed by atoms with Crippen LogP contribution in [0.1, 0.15) is 11.1 Å². The second kappa shape index (κ2) is 5.09. The number of hydrogen-bond acceptors (Lipinski definition) is 4. The maximum Gasteiger partial charge on any atom is 0.192 e. The summed E-state index contributed by atoms with van der Waals surface area (Å²) in [7, 11) is 0. The van der Waals surface area contributed by atoms with Gasteiger partial charge in [-0.1, -0.05) is 6.07 Å². The molecule has 0 radical (unpaired) electrons. The van der Waals surface area contributed by atoms with Crippen LogP contribution in [0.25, 0.3) is 0 Å². The van der Waals surface area contributed by atoms with Gasteiger partial charge in [-0.2, -0.15) is 0 Å². The van der Waals surface area contributed by atoms with Crippen molar-refractivity contribution in [2.45, 2.75) is 23.6 Å². The molecule has 0 aliphatic rings. The van der Waals surface area contributed by atoms with E-state index in [9.17, 15) is 0 Å². The zero-order valence-electron chi connectivity index (χ0n) is 8.92. The fourth-order valence-electron chi connectivity index (χ4n) is 1.35. The van der Waals surface area contributed by atoms with Crippen LogP contribution < -0.4 is 0 Å². The summed E-state index contributed by atoms with van der Waals surface area (Å²) in [6.45, 7) is 2.07. The monoisotopic (exact) mass is 232 g/mol. The van der Waals surface area contributed by atoms with Crippen LogP contribution in [-0.2, 0) is 6.61 Å². The van der Waals surface area contributed by atoms with E-state index in [0.717, 1.165) is 21.2 Å². The summed E-state index contributed by atoms with van der Waals surface area (Å²) in [5, 5.41) is 9.80. The molecule has 0 aliphatic heterocycles. The number of aliphatic hydroxyl groups is 1. The Morgan fingerprint density at radius 1 is 1.25 bits per heavy atom. The molecule has 0 unspecified atom stereocenters. The molecule has 16 heavy (non-hydrogen) atoms. The number of nitrogens with zero attached hydrogens (tertiary/aromatic N) is 2. The van der Waals surface area contributed by atoms with Crippen LogP contribution in [0.2, 0.25) is 0 Å². The fourth-order valence-corrected chi connectivity index (χ4v) is 2.16. The number of benzene rings is 1. The highest BCUT2D eigenvalue weighted by molar-refractivity contribution is 7.99. The van der Waals surface area contributed by atoms with Gasteiger partial charge < -0.3 is 5.11 Å². The molecule has 0 amide bonds. The van der Waals surface area contributed by atoms with E-state index in [2.05, 4.69) is 9.97 Å². The molecular formula is C12H12N2OS. The first-order valence-corrected chi connectivity index (χ1v) is 5.76. The van der Waals surface area contributed by atoms with Gasteiger partial charge in [-0.15, -0.1) is 0 Å². The lowest BCUT2D eigenvalue weighted by molar-refractivity contribution is 0.281. The molecule has 0 saturated heterocycles. The maximum absolute atomic E-state index is 9.07. The van der Waals surface area contributed by atoms with Crippen molar-refractivity contribution < 1.29 is 5.11 Å². The van der Waals surface area contributed by atoms with Crippen LogP contribution in [0, 0.1) is 6.92 Å². The van der Waals surface area contributed by atoms with Gasteiger partial charge in [0.2, 0.25) is 0 Å². The van der Waals surface area contributed by atoms with Crippen molar-refractivity contribution in [2.75, 3.05) is 0 Å². The first-order valence-electron chi connectivity index (χ1n) is 4.95. The Bertz CT molecular complexity index is 474. The van der Waals surface area contributed by atoms with Crippen molar-refractivity contribution in [2.24, 2.45) is 0 Å². The summed E-state index contributed by atoms with van der Waals surface area (Å²) < 4.78 is 0. The zero-order chi connectivity index (χ0) is 11.4. The molecule has 1 N–H and O–H groups in total. The molecule has 0 aliphatic carbocycles. The van der Waals surface area contributed by atoms with Crippen molar-refractivity contribution >= 4 is 11.8 Å². The third kappa shape index (κ3) is 2.59. The predicted octanol–water partition coefficient (Wildman–Crippen LogP) is 2.43. The van der Waals surface area contributed by atoms with Gasteiger partial charge in [0.15, 0.2) is 5.16 Å². The average Bonchev–Trinajstić information content (AvgIpc) is 2.31. The molecule has 0 saturated carbocycles. The van der Waals surface area contributed by atoms with Crippen LogP contribution in [0.3, 0.4) is 0 Å². The third-order valence-corrected chi connectivity index (χ3v) is 3.12. The van der Waals surface area contributed by atoms with Crippen molar-refractivity contribution in [1.82, 2.24) is 9.97 Å². The van der Waals surface area contributed by atoms with E-state index in [1.54, 1.807) is 18.5 Å². The van der Waals surface area contributed by atoms with Gasteiger partial charge in [0.05, 0.1) is 6.61 Å². The third-order valence-electron chi connectivity index (χ3n) is 2.24. The Kier molecular flexibility index (Phi) is 3.54. The quantitative estimate of drug-likeness (QED) is 0.826. The minimum absolute atomic E-state index is 0.0820. The molecule has 3 nitrogen and oxygen atoms in total. The first-order chi connectivity index (χ1) is 7.79. The molecule has 0 bridgehead atoms. The summed E-state index contributed by atoms with van der Waals surface area (Å²) in [4.78, 5) is 9.38. The normalized spacial score (nSPS) is 10.4. The number of hydrogen-bond donors (Lipinski definition) is 1. The molecule has 1 aromatic carbocycles. The number of aryl methyl sites for hydroxylation is 1. The van der Waals surface area contributed by atoms with E-state index in [-0.39, 0.29) is 6.61 Å². The van der Waals surface area contributed by atoms with Crippen LogP contribution in [0.5, 0.6) is 0 Å². The minimum atomic E-state index is 0.0820. The summed E-state index contributed by atoms with van der Waals surface area (Å²) in [5.41, 5.74) is 2.04. The molecule has 4 heteroatoms. The maximum atomic E-state index is 9.07. The van der Waals surface area contributed by atoms with E-state index in [0.29, 0.717) is 0 Å². The van der Waals surface area contributed by atoms with Crippen molar-refractivity contribution in [3.05, 3.63) is 47.8 Å². The lowest BCUT2D eigenvalue weighted by Gasteiger charge is -2.05. The SMILES string of the molecule is Cc1cc(Sc2ncccn2)ccc1CO. The summed E-state index contributed by atoms with van der Waals surface area (Å²) in [6.07, 6.45) is 3.45. The lowest BCUT2D eigenvalue weighted by Crippen LogP contribution is -1.89. The highest BCUT2D eigenvalue weighted by Gasteiger charge is 2.02. The summed E-state index contributed by atoms with van der Waals surface area (Å²) in [5.74, 6) is 0. The fraction of sp³-hybridized carbons (Fsp3) is 0.167. The van der Waals surface area contributed by atoms with E-state index < -0.39 is 0 Å². The van der Waals surface area contributed by atoms with Gasteiger partial charge in [0.1, 0.15) is 0 Å². The van der Waals surface area contributed by atoms with Crippen LogP contribution in [0.4, 0.5) is 0 Å². The molecule has 2 rings (SSSR count). The highest BCUT2D eigenvalue weighted by atomic mass is 32.2. The van der Waals surface area contributed by atoms with E-state index in [1.807, 2.05) is 25.1 Å². The minimum Gasteiger partial charge on any atom is -0.392 e. The van der Waals surface area contributed by atoms with E-state index >= 15 is 0 Å². The van der Waals surface area contributed by atoms with Crippen LogP contribution in [-0.4, -0.2) is 15.1 Å². The second-order valence-corrected chi connectivity index (χ2v) is 4.42. The molecule has 1 aromatic heterocycles.